The van der Waals surface area contributed by atoms with Crippen LogP contribution in [0.2, 0.25) is 0 Å². The fourth-order valence-electron chi connectivity index (χ4n) is 2.76. The zero-order valence-electron chi connectivity index (χ0n) is 12.1. The second kappa shape index (κ2) is 6.93. The molecule has 1 amide bonds. The monoisotopic (exact) mass is 318 g/mol. The Morgan fingerprint density at radius 2 is 2.23 bits per heavy atom. The third-order valence-corrected chi connectivity index (χ3v) is 4.84. The molecule has 2 N–H and O–H groups in total. The molecule has 2 atom stereocenters. The lowest BCUT2D eigenvalue weighted by Gasteiger charge is -2.30. The lowest BCUT2D eigenvalue weighted by Crippen LogP contribution is -2.43. The average Bonchev–Trinajstić information content (AvgIpc) is 3.06. The van der Waals surface area contributed by atoms with Crippen LogP contribution in [-0.2, 0) is 0 Å². The van der Waals surface area contributed by atoms with Crippen LogP contribution in [0.5, 0.6) is 0 Å². The van der Waals surface area contributed by atoms with E-state index in [0.29, 0.717) is 16.4 Å². The highest BCUT2D eigenvalue weighted by Crippen LogP contribution is 2.25. The molecule has 1 saturated carbocycles. The van der Waals surface area contributed by atoms with Gasteiger partial charge in [0.1, 0.15) is 16.4 Å². The summed E-state index contributed by atoms with van der Waals surface area (Å²) in [7, 11) is 0. The van der Waals surface area contributed by atoms with Crippen LogP contribution in [0.15, 0.2) is 24.0 Å². The molecule has 0 radical (unpaired) electrons. The maximum Gasteiger partial charge on any atom is 0.271 e. The summed E-state index contributed by atoms with van der Waals surface area (Å²) in [6.45, 7) is 0.118. The Bertz CT molecular complexity index is 631. The topological polar surface area (TPSA) is 88.0 Å². The number of thiazole rings is 1. The molecule has 3 rings (SSSR count). The predicted molar refractivity (Wildman–Crippen MR) is 83.4 cm³/mol. The van der Waals surface area contributed by atoms with Crippen molar-refractivity contribution in [2.45, 2.75) is 31.7 Å². The third kappa shape index (κ3) is 3.31. The number of hydrogen-bond donors (Lipinski definition) is 2. The number of rotatable bonds is 4. The Hall–Kier alpha value is -1.86. The van der Waals surface area contributed by atoms with Gasteiger partial charge in [-0.25, -0.2) is 4.98 Å². The molecule has 2 unspecified atom stereocenters. The Labute approximate surface area is 132 Å². The van der Waals surface area contributed by atoms with Crippen molar-refractivity contribution < 1.29 is 9.90 Å². The summed E-state index contributed by atoms with van der Waals surface area (Å²) in [6.07, 6.45) is 8.91. The smallest absolute Gasteiger partial charge is 0.271 e. The molecule has 1 fully saturated rings. The zero-order chi connectivity index (χ0) is 15.4. The van der Waals surface area contributed by atoms with Crippen molar-refractivity contribution in [3.8, 4) is 10.7 Å². The molecule has 2 aromatic rings. The van der Waals surface area contributed by atoms with Crippen LogP contribution in [0.1, 0.15) is 36.2 Å². The molecule has 0 spiro atoms. The van der Waals surface area contributed by atoms with E-state index in [2.05, 4.69) is 20.3 Å². The van der Waals surface area contributed by atoms with Crippen molar-refractivity contribution in [3.63, 3.8) is 0 Å². The van der Waals surface area contributed by atoms with E-state index in [1.54, 1.807) is 24.0 Å². The molecule has 2 aromatic heterocycles. The molecule has 0 bridgehead atoms. The van der Waals surface area contributed by atoms with Crippen molar-refractivity contribution in [3.05, 3.63) is 29.7 Å². The molecule has 2 heterocycles. The predicted octanol–water partition coefficient (Wildman–Crippen LogP) is 1.88. The average molecular weight is 318 g/mol. The first-order valence-corrected chi connectivity index (χ1v) is 8.29. The molecular formula is C15H18N4O2S. The summed E-state index contributed by atoms with van der Waals surface area (Å²) in [6, 6.07) is 0.0351. The Morgan fingerprint density at radius 3 is 3.00 bits per heavy atom. The first-order valence-electron chi connectivity index (χ1n) is 7.41. The van der Waals surface area contributed by atoms with Gasteiger partial charge in [0.05, 0.1) is 6.20 Å². The second-order valence-electron chi connectivity index (χ2n) is 5.44. The summed E-state index contributed by atoms with van der Waals surface area (Å²) in [4.78, 5) is 24.9. The Kier molecular flexibility index (Phi) is 4.74. The number of nitrogens with zero attached hydrogens (tertiary/aromatic N) is 3. The van der Waals surface area contributed by atoms with Crippen molar-refractivity contribution in [2.24, 2.45) is 5.92 Å². The van der Waals surface area contributed by atoms with E-state index in [9.17, 15) is 9.90 Å². The third-order valence-electron chi connectivity index (χ3n) is 3.98. The maximum atomic E-state index is 12.3. The van der Waals surface area contributed by atoms with Crippen LogP contribution in [-0.4, -0.2) is 38.6 Å². The van der Waals surface area contributed by atoms with Crippen LogP contribution in [0.25, 0.3) is 10.7 Å². The highest BCUT2D eigenvalue weighted by Gasteiger charge is 2.26. The minimum Gasteiger partial charge on any atom is -0.396 e. The minimum absolute atomic E-state index is 0.0351. The number of carbonyl (C=O) groups excluding carboxylic acids is 1. The molecule has 1 aliphatic carbocycles. The normalized spacial score (nSPS) is 21.5. The zero-order valence-corrected chi connectivity index (χ0v) is 12.9. The number of aliphatic hydroxyl groups is 1. The number of amides is 1. The highest BCUT2D eigenvalue weighted by atomic mass is 32.1. The molecule has 1 aliphatic rings. The van der Waals surface area contributed by atoms with Gasteiger partial charge in [0.25, 0.3) is 5.91 Å². The molecular weight excluding hydrogens is 300 g/mol. The Morgan fingerprint density at radius 1 is 1.36 bits per heavy atom. The first kappa shape index (κ1) is 15.1. The summed E-state index contributed by atoms with van der Waals surface area (Å²) in [5, 5.41) is 14.8. The summed E-state index contributed by atoms with van der Waals surface area (Å²) >= 11 is 1.38. The second-order valence-corrected chi connectivity index (χ2v) is 6.29. The van der Waals surface area contributed by atoms with E-state index >= 15 is 0 Å². The van der Waals surface area contributed by atoms with Crippen LogP contribution in [0, 0.1) is 5.92 Å². The number of carbonyl (C=O) groups is 1. The van der Waals surface area contributed by atoms with Gasteiger partial charge in [-0.05, 0) is 12.8 Å². The van der Waals surface area contributed by atoms with Gasteiger partial charge in [-0.3, -0.25) is 14.8 Å². The van der Waals surface area contributed by atoms with Gasteiger partial charge in [0.2, 0.25) is 0 Å². The summed E-state index contributed by atoms with van der Waals surface area (Å²) in [5.41, 5.74) is 1.06. The first-order chi connectivity index (χ1) is 10.8. The summed E-state index contributed by atoms with van der Waals surface area (Å²) < 4.78 is 0. The van der Waals surface area contributed by atoms with Crippen molar-refractivity contribution in [1.29, 1.82) is 0 Å². The number of aromatic nitrogens is 3. The van der Waals surface area contributed by atoms with Gasteiger partial charge in [-0.15, -0.1) is 11.3 Å². The molecule has 7 heteroatoms. The number of aliphatic hydroxyl groups excluding tert-OH is 1. The lowest BCUT2D eigenvalue weighted by molar-refractivity contribution is 0.0868. The maximum absolute atomic E-state index is 12.3. The molecule has 6 nitrogen and oxygen atoms in total. The van der Waals surface area contributed by atoms with Crippen LogP contribution >= 0.6 is 11.3 Å². The minimum atomic E-state index is -0.184. The number of nitrogens with one attached hydrogen (secondary N) is 1. The van der Waals surface area contributed by atoms with Gasteiger partial charge in [-0.1, -0.05) is 12.8 Å². The van der Waals surface area contributed by atoms with Gasteiger partial charge < -0.3 is 10.4 Å². The van der Waals surface area contributed by atoms with Gasteiger partial charge in [0.15, 0.2) is 0 Å². The molecule has 0 saturated heterocycles. The van der Waals surface area contributed by atoms with Gasteiger partial charge >= 0.3 is 0 Å². The number of hydrogen-bond acceptors (Lipinski definition) is 6. The Balaban J connectivity index is 1.69. The standard InChI is InChI=1S/C15H18N4O2S/c20-8-10-3-1-2-4-11(10)18-14(21)13-9-22-15(19-13)12-7-16-5-6-17-12/h5-7,9-11,20H,1-4,8H2,(H,18,21). The molecule has 116 valence electrons. The van der Waals surface area contributed by atoms with E-state index in [1.165, 1.54) is 11.3 Å². The highest BCUT2D eigenvalue weighted by molar-refractivity contribution is 7.13. The molecule has 0 aromatic carbocycles. The van der Waals surface area contributed by atoms with E-state index in [4.69, 9.17) is 0 Å². The van der Waals surface area contributed by atoms with E-state index < -0.39 is 0 Å². The van der Waals surface area contributed by atoms with Crippen molar-refractivity contribution in [1.82, 2.24) is 20.3 Å². The van der Waals surface area contributed by atoms with Crippen molar-refractivity contribution in [2.75, 3.05) is 6.61 Å². The van der Waals surface area contributed by atoms with E-state index in [-0.39, 0.29) is 24.5 Å². The van der Waals surface area contributed by atoms with E-state index in [1.807, 2.05) is 0 Å². The molecule has 0 aliphatic heterocycles. The summed E-state index contributed by atoms with van der Waals surface area (Å²) in [5.74, 6) is -0.0347. The fraction of sp³-hybridized carbons (Fsp3) is 0.467. The SMILES string of the molecule is O=C(NC1CCCCC1CO)c1csc(-c2cnccn2)n1. The fourth-order valence-corrected chi connectivity index (χ4v) is 3.52. The van der Waals surface area contributed by atoms with Crippen LogP contribution in [0.3, 0.4) is 0 Å². The largest absolute Gasteiger partial charge is 0.396 e. The molecule has 22 heavy (non-hydrogen) atoms. The van der Waals surface area contributed by atoms with Crippen LogP contribution in [0.4, 0.5) is 0 Å². The lowest BCUT2D eigenvalue weighted by atomic mass is 9.85. The quantitative estimate of drug-likeness (QED) is 0.898. The van der Waals surface area contributed by atoms with Gasteiger partial charge in [0, 0.05) is 36.3 Å². The van der Waals surface area contributed by atoms with E-state index in [0.717, 1.165) is 25.7 Å². The van der Waals surface area contributed by atoms with Gasteiger partial charge in [-0.2, -0.15) is 0 Å². The van der Waals surface area contributed by atoms with Crippen molar-refractivity contribution >= 4 is 17.2 Å². The van der Waals surface area contributed by atoms with Crippen LogP contribution < -0.4 is 5.32 Å².